The van der Waals surface area contributed by atoms with E-state index >= 15 is 0 Å². The van der Waals surface area contributed by atoms with Crippen molar-refractivity contribution in [3.8, 4) is 58.5 Å². The van der Waals surface area contributed by atoms with Crippen LogP contribution in [0.15, 0.2) is 165 Å². The molecule has 0 saturated heterocycles. The van der Waals surface area contributed by atoms with Crippen LogP contribution in [0.1, 0.15) is 122 Å². The molecule has 480 valence electrons. The normalized spacial score (nSPS) is 10.7. The van der Waals surface area contributed by atoms with Crippen LogP contribution in [0.3, 0.4) is 0 Å². The lowest BCUT2D eigenvalue weighted by atomic mass is 10.1. The number of rotatable bonds is 36. The Morgan fingerprint density at radius 2 is 0.611 bits per heavy atom. The third-order valence-corrected chi connectivity index (χ3v) is 24.3. The highest BCUT2D eigenvalue weighted by Gasteiger charge is 2.15. The predicted octanol–water partition coefficient (Wildman–Crippen LogP) is 22.4. The molecule has 8 heterocycles. The summed E-state index contributed by atoms with van der Waals surface area (Å²) >= 11 is 19.9. The van der Waals surface area contributed by atoms with Gasteiger partial charge in [0.25, 0.3) is 0 Å². The van der Waals surface area contributed by atoms with Crippen LogP contribution in [0.2, 0.25) is 0 Å². The first-order valence-corrected chi connectivity index (χ1v) is 37.9. The van der Waals surface area contributed by atoms with E-state index in [1.807, 2.05) is 123 Å². The smallest absolute Gasteiger partial charge is 0.330 e. The highest BCUT2D eigenvalue weighted by Crippen LogP contribution is 2.45. The lowest BCUT2D eigenvalue weighted by Crippen LogP contribution is -2.07. The van der Waals surface area contributed by atoms with Crippen molar-refractivity contribution in [3.63, 3.8) is 0 Å². The van der Waals surface area contributed by atoms with Crippen molar-refractivity contribution >= 4 is 125 Å². The van der Waals surface area contributed by atoms with E-state index in [4.69, 9.17) is 31.3 Å². The highest BCUT2D eigenvalue weighted by molar-refractivity contribution is 7.29. The van der Waals surface area contributed by atoms with Gasteiger partial charge in [-0.3, -0.25) is 4.79 Å². The SMILES string of the molecule is C=CC(=O)Cl.C=CC(=O)OCCCCCCc1ccc(-c2ccc(-c3ccc(-c4ccc(CCCCCCOC(=O)C=C)s4)s3)s2)s1.CN(C)c1ccccc1.OCCCCCCc1ccc(-c2ccc(-c3ccc(-c4ccc(CCCCCCO)s4)s3)s2)s1. The summed E-state index contributed by atoms with van der Waals surface area (Å²) in [6.07, 6.45) is 25.5. The summed E-state index contributed by atoms with van der Waals surface area (Å²) < 4.78 is 10.1. The number of thiophene rings is 8. The van der Waals surface area contributed by atoms with Crippen LogP contribution < -0.4 is 4.90 Å². The largest absolute Gasteiger partial charge is 0.463 e. The predicted molar refractivity (Wildman–Crippen MR) is 396 cm³/mol. The summed E-state index contributed by atoms with van der Waals surface area (Å²) in [6, 6.07) is 46.6. The number of aliphatic hydroxyl groups is 2. The molecule has 1 aromatic carbocycles. The first-order chi connectivity index (χ1) is 43.9. The van der Waals surface area contributed by atoms with Gasteiger partial charge in [0.15, 0.2) is 0 Å². The molecule has 8 nitrogen and oxygen atoms in total. The Balaban J connectivity index is 0.000000238. The molecule has 0 fully saturated rings. The number of hydrogen-bond acceptors (Lipinski definition) is 16. The number of aliphatic hydroxyl groups excluding tert-OH is 2. The van der Waals surface area contributed by atoms with Crippen molar-refractivity contribution in [3.05, 3.63) is 185 Å². The molecule has 9 rings (SSSR count). The minimum atomic E-state index is -0.509. The maximum Gasteiger partial charge on any atom is 0.330 e. The van der Waals surface area contributed by atoms with E-state index in [1.165, 1.54) is 122 Å². The zero-order valence-electron chi connectivity index (χ0n) is 52.0. The van der Waals surface area contributed by atoms with Crippen LogP contribution >= 0.6 is 102 Å². The zero-order valence-corrected chi connectivity index (χ0v) is 59.3. The van der Waals surface area contributed by atoms with Gasteiger partial charge in [-0.25, -0.2) is 9.59 Å². The summed E-state index contributed by atoms with van der Waals surface area (Å²) in [7, 11) is 4.07. The molecule has 0 spiro atoms. The van der Waals surface area contributed by atoms with E-state index in [1.54, 1.807) is 0 Å². The second kappa shape index (κ2) is 42.7. The number of ether oxygens (including phenoxy) is 2. The van der Waals surface area contributed by atoms with Crippen molar-refractivity contribution in [2.75, 3.05) is 45.4 Å². The zero-order chi connectivity index (χ0) is 64.1. The molecule has 0 amide bonds. The van der Waals surface area contributed by atoms with Crippen molar-refractivity contribution < 1.29 is 34.1 Å². The number of unbranched alkanes of at least 4 members (excludes halogenated alkanes) is 12. The second-order valence-electron chi connectivity index (χ2n) is 21.3. The fourth-order valence-corrected chi connectivity index (χ4v) is 18.0. The van der Waals surface area contributed by atoms with Gasteiger partial charge in [-0.2, -0.15) is 0 Å². The number of allylic oxidation sites excluding steroid dienone is 1. The number of nitrogens with zero attached hydrogens (tertiary/aromatic N) is 1. The van der Waals surface area contributed by atoms with Gasteiger partial charge in [-0.15, -0.1) is 90.7 Å². The van der Waals surface area contributed by atoms with Crippen molar-refractivity contribution in [2.24, 2.45) is 0 Å². The summed E-state index contributed by atoms with van der Waals surface area (Å²) in [4.78, 5) is 55.7. The molecule has 0 atom stereocenters. The van der Waals surface area contributed by atoms with Gasteiger partial charge in [-0.05, 0) is 204 Å². The Bertz CT molecular complexity index is 3300. The van der Waals surface area contributed by atoms with E-state index in [9.17, 15) is 14.4 Å². The van der Waals surface area contributed by atoms with Gasteiger partial charge in [0, 0.05) is 123 Å². The molecule has 8 aromatic heterocycles. The quantitative estimate of drug-likeness (QED) is 0.0173. The van der Waals surface area contributed by atoms with Crippen LogP contribution in [-0.4, -0.2) is 67.9 Å². The Kier molecular flexibility index (Phi) is 35.0. The molecule has 0 aliphatic heterocycles. The van der Waals surface area contributed by atoms with Gasteiger partial charge in [0.05, 0.1) is 13.2 Å². The standard InChI is InChI=1S/C34H38O4S4.C28H34O2S4.C8H11N.C3H3ClO/c1-3-33(35)37-23-11-7-5-9-13-25-15-17-27(39-25)29-19-21-31(41-29)32-22-20-30(42-32)28-18-16-26(40-28)14-10-6-8-12-24-38-34(36)4-2;29-19-7-3-1-5-9-21-11-13-23(31-21)25-15-17-27(33-25)28-18-16-26(34-28)24-14-12-22(32-24)10-6-2-4-8-20-30;1-9(2)8-6-4-3-5-7-8;1-2-3(4)5/h3-4,15-22H,1-2,5-14,23-24H2;11-18,29-30H,1-10,19-20H2;3-7H,1-2H3;2H,1H2. The number of carbonyl (C=O) groups excluding carboxylic acids is 3. The summed E-state index contributed by atoms with van der Waals surface area (Å²) in [5.41, 5.74) is 1.25. The third kappa shape index (κ3) is 27.1. The van der Waals surface area contributed by atoms with Gasteiger partial charge in [0.2, 0.25) is 5.24 Å². The van der Waals surface area contributed by atoms with E-state index < -0.39 is 5.24 Å². The molecule has 0 aliphatic carbocycles. The molecule has 17 heteroatoms. The van der Waals surface area contributed by atoms with Crippen LogP contribution in [0.5, 0.6) is 0 Å². The van der Waals surface area contributed by atoms with E-state index in [-0.39, 0.29) is 11.9 Å². The van der Waals surface area contributed by atoms with Crippen molar-refractivity contribution in [1.29, 1.82) is 0 Å². The molecule has 0 bridgehead atoms. The highest BCUT2D eigenvalue weighted by atomic mass is 35.5. The van der Waals surface area contributed by atoms with E-state index in [2.05, 4.69) is 134 Å². The number of halogens is 1. The molecule has 0 unspecified atom stereocenters. The number of anilines is 1. The van der Waals surface area contributed by atoms with Gasteiger partial charge in [0.1, 0.15) is 0 Å². The summed E-state index contributed by atoms with van der Waals surface area (Å²) in [5, 5.41) is 17.3. The van der Waals surface area contributed by atoms with Crippen molar-refractivity contribution in [2.45, 2.75) is 128 Å². The maximum atomic E-state index is 11.1. The van der Waals surface area contributed by atoms with Crippen LogP contribution in [0.25, 0.3) is 58.5 Å². The average molecular weight is 1380 g/mol. The Morgan fingerprint density at radius 1 is 0.367 bits per heavy atom. The van der Waals surface area contributed by atoms with E-state index in [0.29, 0.717) is 26.4 Å². The number of aryl methyl sites for hydroxylation is 4. The molecule has 90 heavy (non-hydrogen) atoms. The molecule has 2 N–H and O–H groups in total. The van der Waals surface area contributed by atoms with Gasteiger partial charge < -0.3 is 24.6 Å². The van der Waals surface area contributed by atoms with Gasteiger partial charge >= 0.3 is 11.9 Å². The molecule has 0 aliphatic rings. The first-order valence-electron chi connectivity index (χ1n) is 31.0. The molecule has 9 aromatic rings. The Labute approximate surface area is 571 Å². The van der Waals surface area contributed by atoms with Crippen molar-refractivity contribution in [1.82, 2.24) is 0 Å². The summed E-state index contributed by atoms with van der Waals surface area (Å²) in [5.74, 6) is -0.674. The van der Waals surface area contributed by atoms with Crippen LogP contribution in [0, 0.1) is 0 Å². The average Bonchev–Trinajstić information content (AvgIpc) is 1.95. The Morgan fingerprint density at radius 3 is 0.844 bits per heavy atom. The van der Waals surface area contributed by atoms with Crippen LogP contribution in [-0.2, 0) is 49.5 Å². The Hall–Kier alpha value is -5.34. The minimum Gasteiger partial charge on any atom is -0.463 e. The lowest BCUT2D eigenvalue weighted by Gasteiger charge is -2.10. The molecular formula is C73H86ClNO7S8. The lowest BCUT2D eigenvalue weighted by molar-refractivity contribution is -0.138. The summed E-state index contributed by atoms with van der Waals surface area (Å²) in [6.45, 7) is 11.5. The number of carbonyl (C=O) groups is 3. The van der Waals surface area contributed by atoms with E-state index in [0.717, 1.165) is 109 Å². The minimum absolute atomic E-state index is 0.316. The number of benzene rings is 1. The third-order valence-electron chi connectivity index (χ3n) is 14.1. The number of para-hydroxylation sites is 1. The number of hydrogen-bond donors (Lipinski definition) is 2. The monoisotopic (exact) mass is 1380 g/mol. The van der Waals surface area contributed by atoms with Gasteiger partial charge in [-0.1, -0.05) is 89.3 Å². The fourth-order valence-electron chi connectivity index (χ4n) is 9.22. The maximum absolute atomic E-state index is 11.1. The number of esters is 2. The second-order valence-corrected chi connectivity index (χ2v) is 30.7. The molecular weight excluding hydrogens is 1290 g/mol. The van der Waals surface area contributed by atoms with Crippen LogP contribution in [0.4, 0.5) is 5.69 Å². The molecule has 0 radical (unpaired) electrons. The molecule has 0 saturated carbocycles. The topological polar surface area (TPSA) is 113 Å². The first kappa shape index (κ1) is 73.7. The fraction of sp³-hybridized carbons (Fsp3) is 0.356.